The quantitative estimate of drug-likeness (QED) is 0.681. The number of ketones is 1. The van der Waals surface area contributed by atoms with Crippen LogP contribution in [-0.4, -0.2) is 5.78 Å². The van der Waals surface area contributed by atoms with Gasteiger partial charge >= 0.3 is 5.63 Å². The van der Waals surface area contributed by atoms with Crippen molar-refractivity contribution in [1.82, 2.24) is 0 Å². The number of carbonyl (C=O) groups excluding carboxylic acids is 1. The van der Waals surface area contributed by atoms with Crippen LogP contribution in [0.4, 0.5) is 0 Å². The second-order valence-corrected chi connectivity index (χ2v) is 5.62. The minimum atomic E-state index is -0.372. The lowest BCUT2D eigenvalue weighted by Gasteiger charge is -2.13. The molecule has 0 bridgehead atoms. The second kappa shape index (κ2) is 4.95. The molecule has 2 aromatic carbocycles. The average Bonchev–Trinajstić information content (AvgIpc) is 2.54. The zero-order chi connectivity index (χ0) is 15.1. The lowest BCUT2D eigenvalue weighted by molar-refractivity contribution is 0.0966. The van der Waals surface area contributed by atoms with E-state index in [1.165, 1.54) is 0 Å². The lowest BCUT2D eigenvalue weighted by atomic mass is 9.93. The van der Waals surface area contributed by atoms with Crippen LogP contribution in [0.3, 0.4) is 0 Å². The maximum Gasteiger partial charge on any atom is 0.343 e. The maximum atomic E-state index is 12.3. The van der Waals surface area contributed by atoms with Crippen LogP contribution in [0.1, 0.15) is 29.0 Å². The van der Waals surface area contributed by atoms with E-state index in [9.17, 15) is 9.59 Å². The van der Waals surface area contributed by atoms with Crippen molar-refractivity contribution in [2.24, 2.45) is 0 Å². The summed E-state index contributed by atoms with van der Waals surface area (Å²) in [6.07, 6.45) is 1.94. The predicted molar refractivity (Wildman–Crippen MR) is 85.2 cm³/mol. The Kier molecular flexibility index (Phi) is 2.93. The predicted octanol–water partition coefficient (Wildman–Crippen LogP) is 3.98. The summed E-state index contributed by atoms with van der Waals surface area (Å²) in [4.78, 5) is 24.3. The topological polar surface area (TPSA) is 47.3 Å². The van der Waals surface area contributed by atoms with Gasteiger partial charge in [0.15, 0.2) is 5.78 Å². The van der Waals surface area contributed by atoms with Gasteiger partial charge in [-0.2, -0.15) is 0 Å². The van der Waals surface area contributed by atoms with E-state index in [1.54, 1.807) is 6.07 Å². The molecule has 1 aromatic heterocycles. The molecule has 0 saturated carbocycles. The van der Waals surface area contributed by atoms with Crippen LogP contribution in [0.2, 0.25) is 0 Å². The van der Waals surface area contributed by atoms with E-state index in [-0.39, 0.29) is 11.4 Å². The Labute approximate surface area is 127 Å². The van der Waals surface area contributed by atoms with Crippen LogP contribution < -0.4 is 5.63 Å². The molecule has 22 heavy (non-hydrogen) atoms. The zero-order valence-electron chi connectivity index (χ0n) is 12.0. The third-order valence-electron chi connectivity index (χ3n) is 4.19. The molecule has 0 unspecified atom stereocenters. The minimum absolute atomic E-state index is 0.0621. The van der Waals surface area contributed by atoms with Gasteiger partial charge in [-0.3, -0.25) is 4.79 Å². The van der Waals surface area contributed by atoms with Crippen LogP contribution in [0.25, 0.3) is 21.9 Å². The second-order valence-electron chi connectivity index (χ2n) is 5.62. The number of rotatable bonds is 1. The Hall–Kier alpha value is -2.68. The third-order valence-corrected chi connectivity index (χ3v) is 4.19. The Morgan fingerprint density at radius 1 is 0.818 bits per heavy atom. The van der Waals surface area contributed by atoms with Crippen molar-refractivity contribution in [3.63, 3.8) is 0 Å². The van der Waals surface area contributed by atoms with Gasteiger partial charge in [0.05, 0.1) is 11.1 Å². The van der Waals surface area contributed by atoms with Crippen LogP contribution in [0.5, 0.6) is 0 Å². The summed E-state index contributed by atoms with van der Waals surface area (Å²) >= 11 is 0. The van der Waals surface area contributed by atoms with Crippen LogP contribution in [0.15, 0.2) is 57.7 Å². The number of carbonyl (C=O) groups is 1. The van der Waals surface area contributed by atoms with Crippen molar-refractivity contribution in [2.75, 3.05) is 0 Å². The van der Waals surface area contributed by atoms with Gasteiger partial charge < -0.3 is 4.42 Å². The molecule has 0 atom stereocenters. The van der Waals surface area contributed by atoms with E-state index in [2.05, 4.69) is 0 Å². The summed E-state index contributed by atoms with van der Waals surface area (Å²) in [7, 11) is 0. The van der Waals surface area contributed by atoms with Gasteiger partial charge in [-0.25, -0.2) is 4.79 Å². The maximum absolute atomic E-state index is 12.3. The molecule has 1 aliphatic carbocycles. The molecule has 0 N–H and O–H groups in total. The van der Waals surface area contributed by atoms with Crippen molar-refractivity contribution in [3.05, 3.63) is 70.3 Å². The van der Waals surface area contributed by atoms with Gasteiger partial charge in [-0.15, -0.1) is 0 Å². The first-order valence-corrected chi connectivity index (χ1v) is 7.42. The molecule has 0 spiro atoms. The Balaban J connectivity index is 1.92. The molecule has 0 fully saturated rings. The fourth-order valence-corrected chi connectivity index (χ4v) is 3.03. The van der Waals surface area contributed by atoms with Crippen molar-refractivity contribution >= 4 is 16.6 Å². The smallest absolute Gasteiger partial charge is 0.343 e. The number of benzene rings is 2. The van der Waals surface area contributed by atoms with Crippen molar-refractivity contribution in [2.45, 2.75) is 19.3 Å². The molecule has 108 valence electrons. The molecule has 3 heteroatoms. The molecular formula is C19H14O3. The van der Waals surface area contributed by atoms with Crippen LogP contribution in [0, 0.1) is 0 Å². The van der Waals surface area contributed by atoms with Gasteiger partial charge in [0, 0.05) is 12.8 Å². The van der Waals surface area contributed by atoms with Crippen LogP contribution >= 0.6 is 0 Å². The summed E-state index contributed by atoms with van der Waals surface area (Å²) in [5, 5.41) is 2.17. The third kappa shape index (κ3) is 2.06. The Bertz CT molecular complexity index is 950. The summed E-state index contributed by atoms with van der Waals surface area (Å²) in [5.41, 5.74) is 1.44. The number of fused-ring (bicyclic) bond motifs is 2. The van der Waals surface area contributed by atoms with E-state index >= 15 is 0 Å². The molecule has 0 aliphatic heterocycles. The molecule has 0 saturated heterocycles. The van der Waals surface area contributed by atoms with E-state index in [0.29, 0.717) is 29.7 Å². The van der Waals surface area contributed by atoms with Crippen molar-refractivity contribution in [3.8, 4) is 11.1 Å². The average molecular weight is 290 g/mol. The first-order chi connectivity index (χ1) is 10.7. The van der Waals surface area contributed by atoms with Gasteiger partial charge in [-0.05, 0) is 34.9 Å². The molecule has 1 aliphatic rings. The first-order valence-electron chi connectivity index (χ1n) is 7.42. The van der Waals surface area contributed by atoms with Crippen LogP contribution in [-0.2, 0) is 6.42 Å². The highest BCUT2D eigenvalue weighted by molar-refractivity contribution is 5.99. The molecule has 0 radical (unpaired) electrons. The zero-order valence-corrected chi connectivity index (χ0v) is 12.0. The summed E-state index contributed by atoms with van der Waals surface area (Å²) in [5.74, 6) is 0.595. The molecular weight excluding hydrogens is 276 g/mol. The highest BCUT2D eigenvalue weighted by Gasteiger charge is 2.22. The Morgan fingerprint density at radius 3 is 2.50 bits per heavy atom. The number of hydrogen-bond acceptors (Lipinski definition) is 3. The van der Waals surface area contributed by atoms with Crippen molar-refractivity contribution < 1.29 is 9.21 Å². The largest absolute Gasteiger partial charge is 0.427 e. The molecule has 3 aromatic rings. The Morgan fingerprint density at radius 2 is 1.64 bits per heavy atom. The minimum Gasteiger partial charge on any atom is -0.427 e. The van der Waals surface area contributed by atoms with Gasteiger partial charge in [0.1, 0.15) is 5.76 Å². The fraction of sp³-hybridized carbons (Fsp3) is 0.158. The SMILES string of the molecule is O=C1CCCc2oc(=O)c(-c3ccc4ccccc4c3)cc21. The summed E-state index contributed by atoms with van der Waals surface area (Å²) < 4.78 is 5.39. The normalized spacial score (nSPS) is 14.1. The van der Waals surface area contributed by atoms with Gasteiger partial charge in [0.2, 0.25) is 0 Å². The molecule has 3 nitrogen and oxygen atoms in total. The highest BCUT2D eigenvalue weighted by atomic mass is 16.4. The van der Waals surface area contributed by atoms with E-state index in [1.807, 2.05) is 42.5 Å². The van der Waals surface area contributed by atoms with E-state index < -0.39 is 0 Å². The standard InChI is InChI=1S/C19H14O3/c20-17-6-3-7-18-16(17)11-15(19(21)22-18)14-9-8-12-4-1-2-5-13(12)10-14/h1-2,4-5,8-11H,3,6-7H2. The number of hydrogen-bond donors (Lipinski definition) is 0. The molecule has 1 heterocycles. The molecule has 0 amide bonds. The van der Waals surface area contributed by atoms with E-state index in [0.717, 1.165) is 22.8 Å². The first kappa shape index (κ1) is 13.0. The molecule has 4 rings (SSSR count). The monoisotopic (exact) mass is 290 g/mol. The van der Waals surface area contributed by atoms with Gasteiger partial charge in [-0.1, -0.05) is 36.4 Å². The van der Waals surface area contributed by atoms with Crippen molar-refractivity contribution in [1.29, 1.82) is 0 Å². The van der Waals surface area contributed by atoms with E-state index in [4.69, 9.17) is 4.42 Å². The number of aryl methyl sites for hydroxylation is 1. The van der Waals surface area contributed by atoms with Gasteiger partial charge in [0.25, 0.3) is 0 Å². The fourth-order valence-electron chi connectivity index (χ4n) is 3.03. The lowest BCUT2D eigenvalue weighted by Crippen LogP contribution is -2.16. The highest BCUT2D eigenvalue weighted by Crippen LogP contribution is 2.27. The number of Topliss-reactive ketones (excluding diaryl/α,β-unsaturated/α-hetero) is 1. The summed E-state index contributed by atoms with van der Waals surface area (Å²) in [6.45, 7) is 0. The summed E-state index contributed by atoms with van der Waals surface area (Å²) in [6, 6.07) is 15.5.